The van der Waals surface area contributed by atoms with Gasteiger partial charge in [-0.2, -0.15) is 0 Å². The average Bonchev–Trinajstić information content (AvgIpc) is 2.82. The van der Waals surface area contributed by atoms with Crippen molar-refractivity contribution in [1.82, 2.24) is 4.90 Å². The summed E-state index contributed by atoms with van der Waals surface area (Å²) in [6.45, 7) is 7.01. The van der Waals surface area contributed by atoms with Crippen molar-refractivity contribution < 1.29 is 9.90 Å². The third-order valence-corrected chi connectivity index (χ3v) is 7.07. The number of phenols is 1. The first kappa shape index (κ1) is 20.1. The number of hydrogen-bond acceptors (Lipinski definition) is 6. The molecule has 2 bridgehead atoms. The SMILES string of the molecule is CCN1CN(C)Cc2cc(O)c3c(c21)CN1CN3Cc2cc(C(=O)c3ccccc3)ccc21. The minimum atomic E-state index is 0.0409. The lowest BCUT2D eigenvalue weighted by Gasteiger charge is -2.47. The highest BCUT2D eigenvalue weighted by Gasteiger charge is 2.36. The predicted molar refractivity (Wildman–Crippen MR) is 131 cm³/mol. The minimum Gasteiger partial charge on any atom is -0.506 e. The molecule has 0 amide bonds. The maximum absolute atomic E-state index is 13.0. The molecular weight excluding hydrogens is 412 g/mol. The molecule has 0 aromatic heterocycles. The highest BCUT2D eigenvalue weighted by molar-refractivity contribution is 6.09. The third kappa shape index (κ3) is 3.16. The second-order valence-electron chi connectivity index (χ2n) is 9.32. The van der Waals surface area contributed by atoms with E-state index in [0.29, 0.717) is 23.4 Å². The van der Waals surface area contributed by atoms with Crippen molar-refractivity contribution in [2.75, 3.05) is 41.6 Å². The summed E-state index contributed by atoms with van der Waals surface area (Å²) < 4.78 is 0. The molecule has 3 aromatic carbocycles. The van der Waals surface area contributed by atoms with Crippen LogP contribution in [-0.4, -0.2) is 42.7 Å². The fourth-order valence-corrected chi connectivity index (χ4v) is 5.67. The summed E-state index contributed by atoms with van der Waals surface area (Å²) in [5.74, 6) is 0.397. The van der Waals surface area contributed by atoms with E-state index in [0.717, 1.165) is 44.2 Å². The van der Waals surface area contributed by atoms with Gasteiger partial charge in [-0.3, -0.25) is 9.69 Å². The maximum atomic E-state index is 13.0. The number of nitrogens with zero attached hydrogens (tertiary/aromatic N) is 4. The van der Waals surface area contributed by atoms with Crippen molar-refractivity contribution in [2.24, 2.45) is 0 Å². The van der Waals surface area contributed by atoms with Crippen LogP contribution in [0.1, 0.15) is 39.5 Å². The molecule has 0 saturated carbocycles. The van der Waals surface area contributed by atoms with E-state index in [1.807, 2.05) is 48.5 Å². The summed E-state index contributed by atoms with van der Waals surface area (Å²) >= 11 is 0. The van der Waals surface area contributed by atoms with Gasteiger partial charge in [-0.25, -0.2) is 0 Å². The van der Waals surface area contributed by atoms with Gasteiger partial charge in [-0.1, -0.05) is 30.3 Å². The van der Waals surface area contributed by atoms with Crippen molar-refractivity contribution in [1.29, 1.82) is 0 Å². The van der Waals surface area contributed by atoms with Crippen LogP contribution in [0.2, 0.25) is 0 Å². The lowest BCUT2D eigenvalue weighted by Crippen LogP contribution is -2.48. The van der Waals surface area contributed by atoms with Crippen molar-refractivity contribution in [3.05, 3.63) is 82.4 Å². The van der Waals surface area contributed by atoms with Gasteiger partial charge in [0.2, 0.25) is 0 Å². The molecule has 0 saturated heterocycles. The first-order valence-corrected chi connectivity index (χ1v) is 11.6. The van der Waals surface area contributed by atoms with Gasteiger partial charge in [0.05, 0.1) is 19.0 Å². The number of anilines is 3. The molecule has 3 aromatic rings. The summed E-state index contributed by atoms with van der Waals surface area (Å²) in [5.41, 5.74) is 8.32. The van der Waals surface area contributed by atoms with Crippen LogP contribution >= 0.6 is 0 Å². The van der Waals surface area contributed by atoms with E-state index in [1.54, 1.807) is 0 Å². The molecule has 6 rings (SSSR count). The molecule has 0 spiro atoms. The van der Waals surface area contributed by atoms with Crippen molar-refractivity contribution >= 4 is 22.8 Å². The number of hydrogen-bond donors (Lipinski definition) is 1. The highest BCUT2D eigenvalue weighted by atomic mass is 16.3. The molecule has 1 N–H and O–H groups in total. The lowest BCUT2D eigenvalue weighted by atomic mass is 9.93. The summed E-state index contributed by atoms with van der Waals surface area (Å²) in [6.07, 6.45) is 0. The molecule has 0 unspecified atom stereocenters. The normalized spacial score (nSPS) is 16.8. The van der Waals surface area contributed by atoms with E-state index in [9.17, 15) is 9.90 Å². The Balaban J connectivity index is 1.40. The summed E-state index contributed by atoms with van der Waals surface area (Å²) in [4.78, 5) is 22.3. The minimum absolute atomic E-state index is 0.0409. The van der Waals surface area contributed by atoms with Gasteiger partial charge in [0, 0.05) is 54.2 Å². The Kier molecular flexibility index (Phi) is 4.59. The number of rotatable bonds is 3. The monoisotopic (exact) mass is 440 g/mol. The first-order chi connectivity index (χ1) is 16.0. The summed E-state index contributed by atoms with van der Waals surface area (Å²) in [6, 6.07) is 17.4. The van der Waals surface area contributed by atoms with E-state index in [2.05, 4.69) is 39.6 Å². The van der Waals surface area contributed by atoms with Gasteiger partial charge in [-0.15, -0.1) is 0 Å². The lowest BCUT2D eigenvalue weighted by molar-refractivity contribution is 0.103. The van der Waals surface area contributed by atoms with E-state index in [4.69, 9.17) is 0 Å². The number of ketones is 1. The molecule has 3 aliphatic rings. The Morgan fingerprint density at radius 3 is 2.48 bits per heavy atom. The molecule has 168 valence electrons. The molecule has 3 aliphatic heterocycles. The van der Waals surface area contributed by atoms with Gasteiger partial charge >= 0.3 is 0 Å². The Bertz CT molecular complexity index is 1260. The van der Waals surface area contributed by atoms with Crippen LogP contribution < -0.4 is 14.7 Å². The highest BCUT2D eigenvalue weighted by Crippen LogP contribution is 2.48. The van der Waals surface area contributed by atoms with E-state index < -0.39 is 0 Å². The standard InChI is InChI=1S/C27H28N4O2/c1-3-29-16-28(2)13-21-12-24(32)26-22(25(21)29)15-30-17-31(26)14-20-11-19(9-10-23(20)30)27(33)18-7-5-4-6-8-18/h4-12,32H,3,13-17H2,1-2H3. The molecule has 0 aliphatic carbocycles. The van der Waals surface area contributed by atoms with Gasteiger partial charge in [0.25, 0.3) is 0 Å². The van der Waals surface area contributed by atoms with Crippen molar-refractivity contribution in [2.45, 2.75) is 26.6 Å². The number of carbonyl (C=O) groups is 1. The zero-order chi connectivity index (χ0) is 22.7. The Labute approximate surface area is 194 Å². The van der Waals surface area contributed by atoms with Crippen LogP contribution in [-0.2, 0) is 19.6 Å². The molecule has 3 heterocycles. The van der Waals surface area contributed by atoms with E-state index in [1.165, 1.54) is 22.5 Å². The Hall–Kier alpha value is -3.51. The second-order valence-corrected chi connectivity index (χ2v) is 9.32. The summed E-state index contributed by atoms with van der Waals surface area (Å²) in [7, 11) is 2.12. The second kappa shape index (κ2) is 7.52. The zero-order valence-electron chi connectivity index (χ0n) is 19.1. The van der Waals surface area contributed by atoms with Crippen LogP contribution in [0.15, 0.2) is 54.6 Å². The number of benzene rings is 3. The quantitative estimate of drug-likeness (QED) is 0.618. The van der Waals surface area contributed by atoms with Gasteiger partial charge < -0.3 is 19.8 Å². The first-order valence-electron chi connectivity index (χ1n) is 11.6. The van der Waals surface area contributed by atoms with Gasteiger partial charge in [0.15, 0.2) is 5.78 Å². The Morgan fingerprint density at radius 2 is 1.70 bits per heavy atom. The largest absolute Gasteiger partial charge is 0.506 e. The number of carbonyl (C=O) groups excluding carboxylic acids is 1. The average molecular weight is 441 g/mol. The number of phenolic OH excluding ortho intramolecular Hbond substituents is 1. The van der Waals surface area contributed by atoms with E-state index >= 15 is 0 Å². The van der Waals surface area contributed by atoms with E-state index in [-0.39, 0.29) is 5.78 Å². The molecule has 0 fully saturated rings. The molecule has 0 atom stereocenters. The summed E-state index contributed by atoms with van der Waals surface area (Å²) in [5, 5.41) is 11.1. The zero-order valence-corrected chi connectivity index (χ0v) is 19.1. The van der Waals surface area contributed by atoms with Crippen LogP contribution in [0.25, 0.3) is 0 Å². The van der Waals surface area contributed by atoms with Crippen molar-refractivity contribution in [3.8, 4) is 5.75 Å². The van der Waals surface area contributed by atoms with Gasteiger partial charge in [-0.05, 0) is 49.4 Å². The van der Waals surface area contributed by atoms with Crippen LogP contribution in [0.5, 0.6) is 5.75 Å². The molecule has 0 radical (unpaired) electrons. The topological polar surface area (TPSA) is 50.3 Å². The predicted octanol–water partition coefficient (Wildman–Crippen LogP) is 4.15. The fraction of sp³-hybridized carbons (Fsp3) is 0.296. The Morgan fingerprint density at radius 1 is 0.879 bits per heavy atom. The molecule has 6 heteroatoms. The fourth-order valence-electron chi connectivity index (χ4n) is 5.67. The van der Waals surface area contributed by atoms with Gasteiger partial charge in [0.1, 0.15) is 5.75 Å². The smallest absolute Gasteiger partial charge is 0.193 e. The molecule has 33 heavy (non-hydrogen) atoms. The van der Waals surface area contributed by atoms with Crippen LogP contribution in [0.4, 0.5) is 17.1 Å². The third-order valence-electron chi connectivity index (χ3n) is 7.07. The van der Waals surface area contributed by atoms with Crippen molar-refractivity contribution in [3.63, 3.8) is 0 Å². The number of aromatic hydroxyl groups is 1. The number of fused-ring (bicyclic) bond motifs is 8. The molecule has 6 nitrogen and oxygen atoms in total. The van der Waals surface area contributed by atoms with Crippen LogP contribution in [0, 0.1) is 0 Å². The van der Waals surface area contributed by atoms with Crippen LogP contribution in [0.3, 0.4) is 0 Å². The molecular formula is C27H28N4O2. The maximum Gasteiger partial charge on any atom is 0.193 e.